The highest BCUT2D eigenvalue weighted by atomic mass is 16.7. The summed E-state index contributed by atoms with van der Waals surface area (Å²) in [6.07, 6.45) is 1.08. The highest BCUT2D eigenvalue weighted by Gasteiger charge is 2.12. The van der Waals surface area contributed by atoms with Crippen molar-refractivity contribution in [2.75, 3.05) is 13.3 Å². The highest BCUT2D eigenvalue weighted by molar-refractivity contribution is 5.77. The number of fused-ring (bicyclic) bond motifs is 1. The standard InChI is InChI=1S/C14H21N3O2/c1-10(2)5-6-16-14(15)17-8-11-3-4-12-13(7-11)19-9-18-12/h3-4,7,10H,5-6,8-9H2,1-2H3,(H3,15,16,17). The fourth-order valence-corrected chi connectivity index (χ4v) is 1.76. The van der Waals surface area contributed by atoms with Gasteiger partial charge in [-0.3, -0.25) is 0 Å². The van der Waals surface area contributed by atoms with Crippen molar-refractivity contribution >= 4 is 5.96 Å². The lowest BCUT2D eigenvalue weighted by molar-refractivity contribution is 0.174. The van der Waals surface area contributed by atoms with Gasteiger partial charge in [-0.05, 0) is 30.0 Å². The molecule has 0 saturated carbocycles. The number of nitrogens with two attached hydrogens (primary N) is 1. The molecule has 1 aliphatic rings. The fraction of sp³-hybridized carbons (Fsp3) is 0.500. The average molecular weight is 263 g/mol. The van der Waals surface area contributed by atoms with Crippen LogP contribution in [-0.4, -0.2) is 19.3 Å². The molecule has 1 aromatic carbocycles. The second-order valence-electron chi connectivity index (χ2n) is 5.00. The highest BCUT2D eigenvalue weighted by Crippen LogP contribution is 2.32. The number of hydrogen-bond donors (Lipinski definition) is 2. The van der Waals surface area contributed by atoms with Crippen molar-refractivity contribution in [1.82, 2.24) is 5.32 Å². The van der Waals surface area contributed by atoms with E-state index in [0.29, 0.717) is 25.2 Å². The monoisotopic (exact) mass is 263 g/mol. The molecule has 2 rings (SSSR count). The SMILES string of the molecule is CC(C)CCNC(N)=NCc1ccc2c(c1)OCO2. The minimum absolute atomic E-state index is 0.293. The molecule has 0 spiro atoms. The zero-order valence-electron chi connectivity index (χ0n) is 11.5. The van der Waals surface area contributed by atoms with Gasteiger partial charge in [0.1, 0.15) is 0 Å². The maximum atomic E-state index is 5.80. The lowest BCUT2D eigenvalue weighted by atomic mass is 10.1. The predicted octanol–water partition coefficient (Wildman–Crippen LogP) is 1.87. The number of hydrogen-bond acceptors (Lipinski definition) is 3. The molecular formula is C14H21N3O2. The molecular weight excluding hydrogens is 242 g/mol. The summed E-state index contributed by atoms with van der Waals surface area (Å²) in [7, 11) is 0. The van der Waals surface area contributed by atoms with Crippen LogP contribution < -0.4 is 20.5 Å². The number of nitrogens with one attached hydrogen (secondary N) is 1. The van der Waals surface area contributed by atoms with Gasteiger partial charge in [-0.2, -0.15) is 0 Å². The first-order valence-corrected chi connectivity index (χ1v) is 6.57. The molecule has 0 radical (unpaired) electrons. The number of benzene rings is 1. The van der Waals surface area contributed by atoms with Crippen molar-refractivity contribution < 1.29 is 9.47 Å². The molecule has 0 saturated heterocycles. The van der Waals surface area contributed by atoms with Crippen LogP contribution in [0.3, 0.4) is 0 Å². The van der Waals surface area contributed by atoms with E-state index in [0.717, 1.165) is 30.0 Å². The fourth-order valence-electron chi connectivity index (χ4n) is 1.76. The van der Waals surface area contributed by atoms with Gasteiger partial charge in [-0.25, -0.2) is 4.99 Å². The molecule has 0 fully saturated rings. The summed E-state index contributed by atoms with van der Waals surface area (Å²) < 4.78 is 10.6. The Labute approximate surface area is 113 Å². The minimum atomic E-state index is 0.293. The largest absolute Gasteiger partial charge is 0.454 e. The van der Waals surface area contributed by atoms with Crippen LogP contribution in [0.4, 0.5) is 0 Å². The summed E-state index contributed by atoms with van der Waals surface area (Å²) in [5, 5.41) is 3.11. The second-order valence-corrected chi connectivity index (χ2v) is 5.00. The molecule has 0 aromatic heterocycles. The molecule has 5 nitrogen and oxygen atoms in total. The van der Waals surface area contributed by atoms with E-state index < -0.39 is 0 Å². The van der Waals surface area contributed by atoms with Gasteiger partial charge in [0.15, 0.2) is 17.5 Å². The first kappa shape index (κ1) is 13.5. The van der Waals surface area contributed by atoms with Crippen LogP contribution in [0.1, 0.15) is 25.8 Å². The van der Waals surface area contributed by atoms with Crippen LogP contribution in [0.25, 0.3) is 0 Å². The van der Waals surface area contributed by atoms with Gasteiger partial charge in [-0.1, -0.05) is 19.9 Å². The molecule has 1 heterocycles. The van der Waals surface area contributed by atoms with Gasteiger partial charge in [-0.15, -0.1) is 0 Å². The van der Waals surface area contributed by atoms with E-state index in [-0.39, 0.29) is 0 Å². The van der Waals surface area contributed by atoms with Crippen molar-refractivity contribution in [3.8, 4) is 11.5 Å². The molecule has 3 N–H and O–H groups in total. The zero-order valence-corrected chi connectivity index (χ0v) is 11.5. The average Bonchev–Trinajstić information content (AvgIpc) is 2.83. The molecule has 104 valence electrons. The molecule has 0 bridgehead atoms. The molecule has 1 aliphatic heterocycles. The molecule has 1 aromatic rings. The number of aliphatic imine (C=N–C) groups is 1. The van der Waals surface area contributed by atoms with Gasteiger partial charge >= 0.3 is 0 Å². The Morgan fingerprint density at radius 2 is 2.16 bits per heavy atom. The van der Waals surface area contributed by atoms with Gasteiger partial charge in [0, 0.05) is 6.54 Å². The summed E-state index contributed by atoms with van der Waals surface area (Å²) in [5.74, 6) is 2.71. The van der Waals surface area contributed by atoms with Crippen molar-refractivity contribution in [3.05, 3.63) is 23.8 Å². The van der Waals surface area contributed by atoms with Crippen molar-refractivity contribution in [2.45, 2.75) is 26.8 Å². The summed E-state index contributed by atoms with van der Waals surface area (Å²) in [6, 6.07) is 5.81. The van der Waals surface area contributed by atoms with Crippen LogP contribution in [0.5, 0.6) is 11.5 Å². The summed E-state index contributed by atoms with van der Waals surface area (Å²) in [4.78, 5) is 4.30. The van der Waals surface area contributed by atoms with Crippen LogP contribution in [0.15, 0.2) is 23.2 Å². The van der Waals surface area contributed by atoms with Crippen molar-refractivity contribution in [1.29, 1.82) is 0 Å². The summed E-state index contributed by atoms with van der Waals surface area (Å²) >= 11 is 0. The Bertz CT molecular complexity index is 458. The van der Waals surface area contributed by atoms with E-state index in [4.69, 9.17) is 15.2 Å². The van der Waals surface area contributed by atoms with Gasteiger partial charge in [0.25, 0.3) is 0 Å². The van der Waals surface area contributed by atoms with Gasteiger partial charge in [0.2, 0.25) is 6.79 Å². The Balaban J connectivity index is 1.84. The molecule has 5 heteroatoms. The van der Waals surface area contributed by atoms with E-state index >= 15 is 0 Å². The first-order chi connectivity index (χ1) is 9.15. The third kappa shape index (κ3) is 4.05. The van der Waals surface area contributed by atoms with E-state index in [1.807, 2.05) is 18.2 Å². The molecule has 0 amide bonds. The quantitative estimate of drug-likeness (QED) is 0.628. The summed E-state index contributed by atoms with van der Waals surface area (Å²) in [6.45, 7) is 6.05. The Hall–Kier alpha value is -1.91. The molecule has 0 atom stereocenters. The number of ether oxygens (including phenoxy) is 2. The van der Waals surface area contributed by atoms with E-state index in [1.54, 1.807) is 0 Å². The number of guanidine groups is 1. The normalized spacial score (nSPS) is 13.9. The maximum Gasteiger partial charge on any atom is 0.231 e. The third-order valence-corrected chi connectivity index (χ3v) is 2.90. The Morgan fingerprint density at radius 3 is 2.95 bits per heavy atom. The molecule has 19 heavy (non-hydrogen) atoms. The number of nitrogens with zero attached hydrogens (tertiary/aromatic N) is 1. The van der Waals surface area contributed by atoms with Crippen molar-refractivity contribution in [2.24, 2.45) is 16.6 Å². The Morgan fingerprint density at radius 1 is 1.37 bits per heavy atom. The van der Waals surface area contributed by atoms with E-state index in [2.05, 4.69) is 24.2 Å². The van der Waals surface area contributed by atoms with Crippen LogP contribution in [0, 0.1) is 5.92 Å². The zero-order chi connectivity index (χ0) is 13.7. The van der Waals surface area contributed by atoms with E-state index in [9.17, 15) is 0 Å². The molecule has 0 unspecified atom stereocenters. The predicted molar refractivity (Wildman–Crippen MR) is 75.3 cm³/mol. The second kappa shape index (κ2) is 6.31. The van der Waals surface area contributed by atoms with Crippen LogP contribution in [-0.2, 0) is 6.54 Å². The third-order valence-electron chi connectivity index (χ3n) is 2.90. The summed E-state index contributed by atoms with van der Waals surface area (Å²) in [5.41, 5.74) is 6.86. The maximum absolute atomic E-state index is 5.80. The lowest BCUT2D eigenvalue weighted by Crippen LogP contribution is -2.32. The first-order valence-electron chi connectivity index (χ1n) is 6.57. The van der Waals surface area contributed by atoms with Crippen LogP contribution in [0.2, 0.25) is 0 Å². The van der Waals surface area contributed by atoms with Crippen molar-refractivity contribution in [3.63, 3.8) is 0 Å². The Kier molecular flexibility index (Phi) is 4.49. The molecule has 0 aliphatic carbocycles. The smallest absolute Gasteiger partial charge is 0.231 e. The number of rotatable bonds is 5. The van der Waals surface area contributed by atoms with Crippen LogP contribution >= 0.6 is 0 Å². The minimum Gasteiger partial charge on any atom is -0.454 e. The van der Waals surface area contributed by atoms with Gasteiger partial charge in [0.05, 0.1) is 6.54 Å². The topological polar surface area (TPSA) is 68.9 Å². The van der Waals surface area contributed by atoms with Gasteiger partial charge < -0.3 is 20.5 Å². The lowest BCUT2D eigenvalue weighted by Gasteiger charge is -2.07. The van der Waals surface area contributed by atoms with E-state index in [1.165, 1.54) is 0 Å².